The quantitative estimate of drug-likeness (QED) is 0.825. The summed E-state index contributed by atoms with van der Waals surface area (Å²) in [4.78, 5) is 21.8. The lowest BCUT2D eigenvalue weighted by molar-refractivity contribution is -0.132. The van der Waals surface area contributed by atoms with Crippen molar-refractivity contribution in [3.05, 3.63) is 23.8 Å². The molecule has 4 rings (SSSR count). The van der Waals surface area contributed by atoms with E-state index in [0.29, 0.717) is 11.8 Å². The van der Waals surface area contributed by atoms with Crippen LogP contribution in [0.4, 0.5) is 5.13 Å². The van der Waals surface area contributed by atoms with Gasteiger partial charge < -0.3 is 9.80 Å². The third kappa shape index (κ3) is 3.66. The summed E-state index contributed by atoms with van der Waals surface area (Å²) in [5, 5.41) is 1.10. The maximum absolute atomic E-state index is 12.6. The van der Waals surface area contributed by atoms with Crippen LogP contribution in [0, 0.1) is 12.8 Å². The Balaban J connectivity index is 1.35. The molecule has 25 heavy (non-hydrogen) atoms. The highest BCUT2D eigenvalue weighted by Gasteiger charge is 2.25. The van der Waals surface area contributed by atoms with Crippen LogP contribution in [0.3, 0.4) is 0 Å². The lowest BCUT2D eigenvalue weighted by Crippen LogP contribution is -2.49. The first-order valence-corrected chi connectivity index (χ1v) is 10.4. The fraction of sp³-hybridized carbons (Fsp3) is 0.600. The van der Waals surface area contributed by atoms with Gasteiger partial charge in [0.25, 0.3) is 0 Å². The van der Waals surface area contributed by atoms with Crippen molar-refractivity contribution in [2.24, 2.45) is 5.92 Å². The monoisotopic (exact) mass is 357 g/mol. The molecule has 1 saturated carbocycles. The van der Waals surface area contributed by atoms with E-state index in [0.717, 1.165) is 43.2 Å². The molecule has 2 aromatic rings. The summed E-state index contributed by atoms with van der Waals surface area (Å²) in [6, 6.07) is 6.36. The molecule has 1 aromatic carbocycles. The zero-order chi connectivity index (χ0) is 17.2. The fourth-order valence-electron chi connectivity index (χ4n) is 4.12. The SMILES string of the molecule is Cc1cccc2sc(N3CCN(C(=O)CC4CCCCC4)CC3)nc12. The number of fused-ring (bicyclic) bond motifs is 1. The van der Waals surface area contributed by atoms with E-state index in [1.54, 1.807) is 11.3 Å². The van der Waals surface area contributed by atoms with Crippen LogP contribution in [0.15, 0.2) is 18.2 Å². The van der Waals surface area contributed by atoms with Crippen molar-refractivity contribution in [3.8, 4) is 0 Å². The third-order valence-corrected chi connectivity index (χ3v) is 6.78. The summed E-state index contributed by atoms with van der Waals surface area (Å²) in [5.74, 6) is 0.998. The number of amides is 1. The minimum atomic E-state index is 0.367. The molecule has 0 atom stereocenters. The topological polar surface area (TPSA) is 36.4 Å². The standard InChI is InChI=1S/C20H27N3OS/c1-15-6-5-9-17-19(15)21-20(25-17)23-12-10-22(11-13-23)18(24)14-16-7-3-2-4-8-16/h5-6,9,16H,2-4,7-8,10-14H2,1H3. The number of carbonyl (C=O) groups excluding carboxylic acids is 1. The number of aromatic nitrogens is 1. The van der Waals surface area contributed by atoms with Crippen molar-refractivity contribution in [1.29, 1.82) is 0 Å². The summed E-state index contributed by atoms with van der Waals surface area (Å²) in [6.07, 6.45) is 7.23. The molecule has 0 spiro atoms. The minimum absolute atomic E-state index is 0.367. The van der Waals surface area contributed by atoms with Gasteiger partial charge in [-0.15, -0.1) is 0 Å². The van der Waals surface area contributed by atoms with Gasteiger partial charge in [0, 0.05) is 32.6 Å². The van der Waals surface area contributed by atoms with Gasteiger partial charge in [-0.3, -0.25) is 4.79 Å². The first-order chi connectivity index (χ1) is 12.2. The summed E-state index contributed by atoms with van der Waals surface area (Å²) < 4.78 is 1.26. The van der Waals surface area contributed by atoms with Crippen LogP contribution in [0.2, 0.25) is 0 Å². The average Bonchev–Trinajstić information content (AvgIpc) is 3.08. The normalized spacial score (nSPS) is 19.6. The Kier molecular flexibility index (Phi) is 4.93. The van der Waals surface area contributed by atoms with Crippen LogP contribution in [-0.4, -0.2) is 42.0 Å². The van der Waals surface area contributed by atoms with E-state index in [9.17, 15) is 4.79 Å². The molecular formula is C20H27N3OS. The number of para-hydroxylation sites is 1. The van der Waals surface area contributed by atoms with Gasteiger partial charge in [-0.25, -0.2) is 4.98 Å². The summed E-state index contributed by atoms with van der Waals surface area (Å²) in [5.41, 5.74) is 2.36. The molecule has 0 bridgehead atoms. The number of hydrogen-bond donors (Lipinski definition) is 0. The van der Waals surface area contributed by atoms with E-state index in [-0.39, 0.29) is 0 Å². The second-order valence-electron chi connectivity index (χ2n) is 7.49. The lowest BCUT2D eigenvalue weighted by atomic mass is 9.86. The Morgan fingerprint density at radius 1 is 1.16 bits per heavy atom. The fourth-order valence-corrected chi connectivity index (χ4v) is 5.22. The molecule has 5 heteroatoms. The largest absolute Gasteiger partial charge is 0.345 e. The Morgan fingerprint density at radius 3 is 2.64 bits per heavy atom. The Morgan fingerprint density at radius 2 is 1.92 bits per heavy atom. The number of anilines is 1. The molecular weight excluding hydrogens is 330 g/mol. The van der Waals surface area contributed by atoms with E-state index in [2.05, 4.69) is 34.9 Å². The smallest absolute Gasteiger partial charge is 0.222 e. The second kappa shape index (κ2) is 7.32. The van der Waals surface area contributed by atoms with Crippen molar-refractivity contribution < 1.29 is 4.79 Å². The number of aryl methyl sites for hydroxylation is 1. The average molecular weight is 358 g/mol. The molecule has 1 aromatic heterocycles. The van der Waals surface area contributed by atoms with E-state index in [1.165, 1.54) is 42.4 Å². The van der Waals surface area contributed by atoms with Gasteiger partial charge in [0.1, 0.15) is 0 Å². The number of piperazine rings is 1. The Hall–Kier alpha value is -1.62. The number of rotatable bonds is 3. The van der Waals surface area contributed by atoms with E-state index >= 15 is 0 Å². The molecule has 1 saturated heterocycles. The molecule has 4 nitrogen and oxygen atoms in total. The van der Waals surface area contributed by atoms with Gasteiger partial charge in [-0.05, 0) is 37.3 Å². The maximum atomic E-state index is 12.6. The van der Waals surface area contributed by atoms with Crippen LogP contribution in [0.1, 0.15) is 44.1 Å². The first kappa shape index (κ1) is 16.8. The zero-order valence-electron chi connectivity index (χ0n) is 15.0. The van der Waals surface area contributed by atoms with Gasteiger partial charge in [0.15, 0.2) is 5.13 Å². The molecule has 2 heterocycles. The predicted molar refractivity (Wildman–Crippen MR) is 104 cm³/mol. The van der Waals surface area contributed by atoms with Crippen molar-refractivity contribution in [3.63, 3.8) is 0 Å². The number of thiazole rings is 1. The van der Waals surface area contributed by atoms with E-state index < -0.39 is 0 Å². The number of nitrogens with zero attached hydrogens (tertiary/aromatic N) is 3. The highest BCUT2D eigenvalue weighted by Crippen LogP contribution is 2.31. The van der Waals surface area contributed by atoms with Crippen molar-refractivity contribution in [2.75, 3.05) is 31.1 Å². The van der Waals surface area contributed by atoms with Crippen molar-refractivity contribution in [1.82, 2.24) is 9.88 Å². The highest BCUT2D eigenvalue weighted by molar-refractivity contribution is 7.22. The Bertz CT molecular complexity index is 742. The zero-order valence-corrected chi connectivity index (χ0v) is 15.9. The minimum Gasteiger partial charge on any atom is -0.345 e. The van der Waals surface area contributed by atoms with Crippen LogP contribution in [-0.2, 0) is 4.79 Å². The van der Waals surface area contributed by atoms with Crippen LogP contribution >= 0.6 is 11.3 Å². The predicted octanol–water partition coefficient (Wildman–Crippen LogP) is 4.22. The van der Waals surface area contributed by atoms with Gasteiger partial charge in [-0.2, -0.15) is 0 Å². The van der Waals surface area contributed by atoms with Crippen LogP contribution in [0.25, 0.3) is 10.2 Å². The third-order valence-electron chi connectivity index (χ3n) is 5.70. The molecule has 0 radical (unpaired) electrons. The number of benzene rings is 1. The molecule has 1 amide bonds. The molecule has 2 fully saturated rings. The summed E-state index contributed by atoms with van der Waals surface area (Å²) >= 11 is 1.77. The number of carbonyl (C=O) groups is 1. The molecule has 0 N–H and O–H groups in total. The number of hydrogen-bond acceptors (Lipinski definition) is 4. The van der Waals surface area contributed by atoms with Crippen molar-refractivity contribution >= 4 is 32.6 Å². The molecule has 2 aliphatic rings. The lowest BCUT2D eigenvalue weighted by Gasteiger charge is -2.35. The molecule has 0 unspecified atom stereocenters. The van der Waals surface area contributed by atoms with E-state index in [4.69, 9.17) is 4.98 Å². The highest BCUT2D eigenvalue weighted by atomic mass is 32.1. The van der Waals surface area contributed by atoms with Gasteiger partial charge in [-0.1, -0.05) is 42.7 Å². The van der Waals surface area contributed by atoms with Gasteiger partial charge in [0.05, 0.1) is 10.2 Å². The van der Waals surface area contributed by atoms with Crippen molar-refractivity contribution in [2.45, 2.75) is 45.4 Å². The van der Waals surface area contributed by atoms with Gasteiger partial charge in [0.2, 0.25) is 5.91 Å². The molecule has 1 aliphatic heterocycles. The van der Waals surface area contributed by atoms with Crippen LogP contribution in [0.5, 0.6) is 0 Å². The Labute approximate surface area is 153 Å². The molecule has 134 valence electrons. The van der Waals surface area contributed by atoms with Gasteiger partial charge >= 0.3 is 0 Å². The summed E-state index contributed by atoms with van der Waals surface area (Å²) in [6.45, 7) is 5.58. The van der Waals surface area contributed by atoms with E-state index in [1.807, 2.05) is 0 Å². The maximum Gasteiger partial charge on any atom is 0.222 e. The second-order valence-corrected chi connectivity index (χ2v) is 8.50. The van der Waals surface area contributed by atoms with Crippen LogP contribution < -0.4 is 4.90 Å². The molecule has 1 aliphatic carbocycles. The first-order valence-electron chi connectivity index (χ1n) is 9.59. The summed E-state index contributed by atoms with van der Waals surface area (Å²) in [7, 11) is 0.